The zero-order valence-corrected chi connectivity index (χ0v) is 17.0. The molecular weight excluding hydrogens is 354 g/mol. The number of likely N-dealkylation sites (tertiary alicyclic amines) is 1. The molecule has 2 heterocycles. The van der Waals surface area contributed by atoms with Crippen LogP contribution in [0.1, 0.15) is 32.3 Å². The topological polar surface area (TPSA) is 45.2 Å². The summed E-state index contributed by atoms with van der Waals surface area (Å²) >= 11 is 1.47. The molecule has 144 valence electrons. The molecule has 27 heavy (non-hydrogen) atoms. The number of rotatable bonds is 7. The van der Waals surface area contributed by atoms with Crippen molar-refractivity contribution in [2.75, 3.05) is 25.0 Å². The first-order chi connectivity index (χ1) is 13.1. The van der Waals surface area contributed by atoms with E-state index < -0.39 is 0 Å². The van der Waals surface area contributed by atoms with Crippen molar-refractivity contribution in [3.8, 4) is 0 Å². The summed E-state index contributed by atoms with van der Waals surface area (Å²) in [4.78, 5) is 19.3. The third kappa shape index (κ3) is 6.36. The number of pyridine rings is 1. The molecular formula is C22H29N3OS. The molecule has 1 aliphatic heterocycles. The second-order valence-electron chi connectivity index (χ2n) is 7.39. The lowest BCUT2D eigenvalue weighted by Gasteiger charge is -2.30. The molecule has 1 N–H and O–H groups in total. The summed E-state index contributed by atoms with van der Waals surface area (Å²) in [6.07, 6.45) is 5.39. The molecule has 1 amide bonds. The fourth-order valence-electron chi connectivity index (χ4n) is 3.27. The van der Waals surface area contributed by atoms with Gasteiger partial charge in [-0.3, -0.25) is 4.79 Å². The van der Waals surface area contributed by atoms with Crippen molar-refractivity contribution in [3.05, 3.63) is 54.2 Å². The van der Waals surface area contributed by atoms with Crippen LogP contribution in [0.4, 0.5) is 5.69 Å². The van der Waals surface area contributed by atoms with Gasteiger partial charge in [0.2, 0.25) is 5.91 Å². The first-order valence-electron chi connectivity index (χ1n) is 9.80. The zero-order chi connectivity index (χ0) is 19.1. The second-order valence-corrected chi connectivity index (χ2v) is 8.75. The third-order valence-electron chi connectivity index (χ3n) is 5.09. The van der Waals surface area contributed by atoms with Gasteiger partial charge in [0.1, 0.15) is 0 Å². The molecule has 1 fully saturated rings. The number of hydrogen-bond donors (Lipinski definition) is 1. The number of anilines is 1. The standard InChI is InChI=1S/C22H29N3OS/c1-17-9-13-25(14-10-17)15-11-19-6-5-7-20(16-19)24-22(26)18(2)27-21-8-3-4-12-23-21/h3-8,12,16-18H,9-11,13-15H2,1-2H3,(H,24,26)/t18-/m0/s1. The van der Waals surface area contributed by atoms with Crippen LogP contribution in [0.2, 0.25) is 0 Å². The van der Waals surface area contributed by atoms with Gasteiger partial charge in [-0.05, 0) is 75.0 Å². The minimum Gasteiger partial charge on any atom is -0.325 e. The van der Waals surface area contributed by atoms with E-state index in [-0.39, 0.29) is 11.2 Å². The number of hydrogen-bond acceptors (Lipinski definition) is 4. The molecule has 3 rings (SSSR count). The van der Waals surface area contributed by atoms with Crippen molar-refractivity contribution in [2.45, 2.75) is 43.4 Å². The maximum absolute atomic E-state index is 12.5. The third-order valence-corrected chi connectivity index (χ3v) is 6.14. The Kier molecular flexibility index (Phi) is 7.30. The maximum Gasteiger partial charge on any atom is 0.237 e. The number of carbonyl (C=O) groups is 1. The smallest absolute Gasteiger partial charge is 0.237 e. The molecule has 0 saturated carbocycles. The van der Waals surface area contributed by atoms with E-state index in [0.29, 0.717) is 0 Å². The predicted octanol–water partition coefficient (Wildman–Crippen LogP) is 4.48. The van der Waals surface area contributed by atoms with Crippen molar-refractivity contribution in [1.29, 1.82) is 0 Å². The Balaban J connectivity index is 1.50. The van der Waals surface area contributed by atoms with Crippen molar-refractivity contribution >= 4 is 23.4 Å². The minimum absolute atomic E-state index is 0.00724. The van der Waals surface area contributed by atoms with Crippen molar-refractivity contribution in [2.24, 2.45) is 5.92 Å². The van der Waals surface area contributed by atoms with Gasteiger partial charge < -0.3 is 10.2 Å². The SMILES string of the molecule is CC1CCN(CCc2cccc(NC(=O)[C@H](C)Sc3ccccn3)c2)CC1. The molecule has 1 aliphatic rings. The summed E-state index contributed by atoms with van der Waals surface area (Å²) in [6.45, 7) is 7.77. The Hall–Kier alpha value is -1.85. The first kappa shape index (κ1) is 19.9. The second kappa shape index (κ2) is 9.90. The molecule has 2 aromatic rings. The van der Waals surface area contributed by atoms with E-state index in [1.807, 2.05) is 37.3 Å². The van der Waals surface area contributed by atoms with Crippen LogP contribution in [0.5, 0.6) is 0 Å². The number of carbonyl (C=O) groups excluding carboxylic acids is 1. The summed E-state index contributed by atoms with van der Waals surface area (Å²) in [5.74, 6) is 0.874. The fraction of sp³-hybridized carbons (Fsp3) is 0.455. The Bertz CT molecular complexity index is 729. The Morgan fingerprint density at radius 3 is 2.81 bits per heavy atom. The first-order valence-corrected chi connectivity index (χ1v) is 10.7. The Morgan fingerprint density at radius 1 is 1.26 bits per heavy atom. The van der Waals surface area contributed by atoms with Gasteiger partial charge >= 0.3 is 0 Å². The van der Waals surface area contributed by atoms with Gasteiger partial charge in [-0.25, -0.2) is 4.98 Å². The highest BCUT2D eigenvalue weighted by atomic mass is 32.2. The molecule has 1 saturated heterocycles. The van der Waals surface area contributed by atoms with Gasteiger partial charge in [0.05, 0.1) is 10.3 Å². The summed E-state index contributed by atoms with van der Waals surface area (Å²) < 4.78 is 0. The Labute approximate surface area is 166 Å². The van der Waals surface area contributed by atoms with Gasteiger partial charge in [0, 0.05) is 18.4 Å². The van der Waals surface area contributed by atoms with Crippen LogP contribution in [0.15, 0.2) is 53.7 Å². The van der Waals surface area contributed by atoms with Crippen molar-refractivity contribution < 1.29 is 4.79 Å². The fourth-order valence-corrected chi connectivity index (χ4v) is 4.08. The highest BCUT2D eigenvalue weighted by molar-refractivity contribution is 8.00. The molecule has 1 aromatic carbocycles. The number of piperidine rings is 1. The van der Waals surface area contributed by atoms with Crippen molar-refractivity contribution in [3.63, 3.8) is 0 Å². The summed E-state index contributed by atoms with van der Waals surface area (Å²) in [5, 5.41) is 3.71. The number of nitrogens with one attached hydrogen (secondary N) is 1. The zero-order valence-electron chi connectivity index (χ0n) is 16.2. The molecule has 1 atom stereocenters. The molecule has 0 bridgehead atoms. The normalized spacial score (nSPS) is 16.8. The molecule has 4 nitrogen and oxygen atoms in total. The van der Waals surface area contributed by atoms with Crippen LogP contribution in [-0.2, 0) is 11.2 Å². The van der Waals surface area contributed by atoms with Crippen LogP contribution in [0.25, 0.3) is 0 Å². The number of aromatic nitrogens is 1. The van der Waals surface area contributed by atoms with Crippen LogP contribution in [-0.4, -0.2) is 40.7 Å². The average Bonchev–Trinajstić information content (AvgIpc) is 2.68. The lowest BCUT2D eigenvalue weighted by Crippen LogP contribution is -2.34. The van der Waals surface area contributed by atoms with Gasteiger partial charge in [0.15, 0.2) is 0 Å². The van der Waals surface area contributed by atoms with E-state index in [4.69, 9.17) is 0 Å². The van der Waals surface area contributed by atoms with Crippen LogP contribution in [0, 0.1) is 5.92 Å². The highest BCUT2D eigenvalue weighted by Crippen LogP contribution is 2.22. The predicted molar refractivity (Wildman–Crippen MR) is 113 cm³/mol. The van der Waals surface area contributed by atoms with Gasteiger partial charge in [-0.1, -0.05) is 36.9 Å². The van der Waals surface area contributed by atoms with E-state index in [2.05, 4.69) is 34.3 Å². The molecule has 0 spiro atoms. The average molecular weight is 384 g/mol. The van der Waals surface area contributed by atoms with E-state index in [9.17, 15) is 4.79 Å². The monoisotopic (exact) mass is 383 g/mol. The van der Waals surface area contributed by atoms with E-state index in [1.54, 1.807) is 6.20 Å². The maximum atomic E-state index is 12.5. The molecule has 0 aliphatic carbocycles. The van der Waals surface area contributed by atoms with Gasteiger partial charge in [-0.15, -0.1) is 0 Å². The summed E-state index contributed by atoms with van der Waals surface area (Å²) in [5.41, 5.74) is 2.15. The van der Waals surface area contributed by atoms with Crippen molar-refractivity contribution in [1.82, 2.24) is 9.88 Å². The van der Waals surface area contributed by atoms with Gasteiger partial charge in [0.25, 0.3) is 0 Å². The molecule has 0 unspecified atom stereocenters. The number of nitrogens with zero attached hydrogens (tertiary/aromatic N) is 2. The Morgan fingerprint density at radius 2 is 2.07 bits per heavy atom. The summed E-state index contributed by atoms with van der Waals surface area (Å²) in [6, 6.07) is 14.0. The molecule has 0 radical (unpaired) electrons. The molecule has 5 heteroatoms. The van der Waals surface area contributed by atoms with Gasteiger partial charge in [-0.2, -0.15) is 0 Å². The number of benzene rings is 1. The lowest BCUT2D eigenvalue weighted by atomic mass is 9.99. The van der Waals surface area contributed by atoms with Crippen LogP contribution in [0.3, 0.4) is 0 Å². The minimum atomic E-state index is -0.195. The van der Waals surface area contributed by atoms with Crippen LogP contribution < -0.4 is 5.32 Å². The lowest BCUT2D eigenvalue weighted by molar-refractivity contribution is -0.115. The van der Waals surface area contributed by atoms with E-state index in [1.165, 1.54) is 43.3 Å². The highest BCUT2D eigenvalue weighted by Gasteiger charge is 2.16. The van der Waals surface area contributed by atoms with Crippen LogP contribution >= 0.6 is 11.8 Å². The summed E-state index contributed by atoms with van der Waals surface area (Å²) in [7, 11) is 0. The van der Waals surface area contributed by atoms with E-state index in [0.717, 1.165) is 29.6 Å². The largest absolute Gasteiger partial charge is 0.325 e. The quantitative estimate of drug-likeness (QED) is 0.716. The molecule has 1 aromatic heterocycles. The number of thioether (sulfide) groups is 1. The van der Waals surface area contributed by atoms with E-state index >= 15 is 0 Å². The number of amides is 1.